The number of rotatable bonds is 5. The summed E-state index contributed by atoms with van der Waals surface area (Å²) in [5.41, 5.74) is 7.01. The van der Waals surface area contributed by atoms with Gasteiger partial charge in [-0.25, -0.2) is 8.78 Å². The van der Waals surface area contributed by atoms with Crippen LogP contribution in [-0.2, 0) is 0 Å². The molecule has 1 aromatic rings. The van der Waals surface area contributed by atoms with Crippen LogP contribution in [0, 0.1) is 23.1 Å². The molecule has 0 amide bonds. The fourth-order valence-electron chi connectivity index (χ4n) is 2.70. The van der Waals surface area contributed by atoms with Crippen LogP contribution in [0.25, 0.3) is 0 Å². The van der Waals surface area contributed by atoms with E-state index in [2.05, 4.69) is 11.6 Å². The normalized spacial score (nSPS) is 16.4. The van der Waals surface area contributed by atoms with E-state index in [0.29, 0.717) is 18.5 Å². The first-order valence-corrected chi connectivity index (χ1v) is 7.66. The largest absolute Gasteiger partial charge is 0.316 e. The van der Waals surface area contributed by atoms with Gasteiger partial charge in [-0.3, -0.25) is 9.79 Å². The predicted molar refractivity (Wildman–Crippen MR) is 90.8 cm³/mol. The van der Waals surface area contributed by atoms with Gasteiger partial charge in [-0.1, -0.05) is 18.2 Å². The quantitative estimate of drug-likeness (QED) is 0.505. The number of hydrogen-bond donors (Lipinski definition) is 1. The van der Waals surface area contributed by atoms with E-state index < -0.39 is 29.0 Å². The molecule has 0 saturated carbocycles. The highest BCUT2D eigenvalue weighted by Crippen LogP contribution is 2.22. The van der Waals surface area contributed by atoms with Crippen molar-refractivity contribution >= 4 is 11.5 Å². The van der Waals surface area contributed by atoms with E-state index in [1.54, 1.807) is 0 Å². The van der Waals surface area contributed by atoms with Gasteiger partial charge in [0.1, 0.15) is 17.7 Å². The molecule has 1 aliphatic rings. The van der Waals surface area contributed by atoms with Gasteiger partial charge in [-0.05, 0) is 31.1 Å². The smallest absolute Gasteiger partial charge is 0.191 e. The Kier molecular flexibility index (Phi) is 5.78. The van der Waals surface area contributed by atoms with Crippen LogP contribution in [0.2, 0.25) is 0 Å². The van der Waals surface area contributed by atoms with Gasteiger partial charge < -0.3 is 10.6 Å². The predicted octanol–water partition coefficient (Wildman–Crippen LogP) is 2.56. The number of aliphatic imine (C=N–C) groups is 1. The fraction of sp³-hybridized carbons (Fsp3) is 0.278. The average molecular weight is 344 g/mol. The lowest BCUT2D eigenvalue weighted by Crippen LogP contribution is -2.43. The molecular formula is C18H18F2N4O. The molecule has 0 bridgehead atoms. The van der Waals surface area contributed by atoms with E-state index in [1.165, 1.54) is 17.2 Å². The Balaban J connectivity index is 2.44. The Bertz CT molecular complexity index is 788. The van der Waals surface area contributed by atoms with E-state index in [0.717, 1.165) is 17.7 Å². The second-order valence-corrected chi connectivity index (χ2v) is 5.67. The molecule has 0 aliphatic carbocycles. The third-order valence-electron chi connectivity index (χ3n) is 4.09. The van der Waals surface area contributed by atoms with Gasteiger partial charge in [-0.2, -0.15) is 5.26 Å². The number of nitrogens with zero attached hydrogens (tertiary/aromatic N) is 3. The molecular weight excluding hydrogens is 326 g/mol. The molecule has 7 heteroatoms. The van der Waals surface area contributed by atoms with Crippen LogP contribution in [-0.4, -0.2) is 35.5 Å². The average Bonchev–Trinajstić information content (AvgIpc) is 2.59. The lowest BCUT2D eigenvalue weighted by Gasteiger charge is -2.28. The molecule has 0 saturated heterocycles. The van der Waals surface area contributed by atoms with Crippen LogP contribution in [0.5, 0.6) is 0 Å². The number of nitrogens with two attached hydrogens (primary N) is 1. The summed E-state index contributed by atoms with van der Waals surface area (Å²) in [4.78, 5) is 18.2. The van der Waals surface area contributed by atoms with Crippen LogP contribution < -0.4 is 5.73 Å². The van der Waals surface area contributed by atoms with Crippen molar-refractivity contribution in [2.45, 2.75) is 19.4 Å². The maximum atomic E-state index is 13.9. The summed E-state index contributed by atoms with van der Waals surface area (Å²) in [6, 6.07) is 1.80. The summed E-state index contributed by atoms with van der Waals surface area (Å²) in [7, 11) is 0. The first-order chi connectivity index (χ1) is 11.9. The Morgan fingerprint density at radius 2 is 2.12 bits per heavy atom. The molecule has 2 rings (SSSR count). The molecule has 25 heavy (non-hydrogen) atoms. The van der Waals surface area contributed by atoms with Gasteiger partial charge in [0, 0.05) is 12.7 Å². The summed E-state index contributed by atoms with van der Waals surface area (Å²) in [5, 5.41) is 9.10. The molecule has 5 nitrogen and oxygen atoms in total. The molecule has 1 heterocycles. The third kappa shape index (κ3) is 3.80. The highest BCUT2D eigenvalue weighted by molar-refractivity contribution is 6.22. The maximum absolute atomic E-state index is 13.9. The van der Waals surface area contributed by atoms with Crippen molar-refractivity contribution in [2.24, 2.45) is 10.7 Å². The van der Waals surface area contributed by atoms with Crippen molar-refractivity contribution in [1.29, 1.82) is 5.26 Å². The van der Waals surface area contributed by atoms with Crippen LogP contribution >= 0.6 is 0 Å². The number of Topliss-reactive ketones (excluding diaryl/α,β-unsaturated/α-hetero) is 1. The zero-order valence-electron chi connectivity index (χ0n) is 13.8. The summed E-state index contributed by atoms with van der Waals surface area (Å²) < 4.78 is 27.8. The molecule has 1 unspecified atom stereocenters. The minimum Gasteiger partial charge on any atom is -0.316 e. The molecule has 1 atom stereocenters. The molecule has 0 aromatic heterocycles. The standard InChI is InChI=1S/C18H18F2N4O/c1-3-23-17(12-9-24(10-21)8-7-11(12)2)16(22)18(25)15-13(19)5-4-6-14(15)20/h3-6,16H,1,7-9,22H2,2H3/b23-17-. The number of carbonyl (C=O) groups is 1. The van der Waals surface area contributed by atoms with Crippen LogP contribution in [0.3, 0.4) is 0 Å². The van der Waals surface area contributed by atoms with Gasteiger partial charge >= 0.3 is 0 Å². The van der Waals surface area contributed by atoms with Crippen LogP contribution in [0.1, 0.15) is 23.7 Å². The molecule has 1 aliphatic heterocycles. The second-order valence-electron chi connectivity index (χ2n) is 5.67. The highest BCUT2D eigenvalue weighted by Gasteiger charge is 2.30. The minimum atomic E-state index is -1.37. The Hall–Kier alpha value is -2.85. The zero-order chi connectivity index (χ0) is 18.6. The molecule has 0 fully saturated rings. The van der Waals surface area contributed by atoms with Crippen LogP contribution in [0.4, 0.5) is 8.78 Å². The van der Waals surface area contributed by atoms with Gasteiger partial charge in [0.15, 0.2) is 12.0 Å². The van der Waals surface area contributed by atoms with Crippen molar-refractivity contribution < 1.29 is 13.6 Å². The molecule has 130 valence electrons. The zero-order valence-corrected chi connectivity index (χ0v) is 13.8. The van der Waals surface area contributed by atoms with Crippen molar-refractivity contribution in [1.82, 2.24) is 4.90 Å². The van der Waals surface area contributed by atoms with Crippen molar-refractivity contribution in [3.8, 4) is 6.19 Å². The van der Waals surface area contributed by atoms with E-state index in [9.17, 15) is 13.6 Å². The maximum Gasteiger partial charge on any atom is 0.191 e. The Morgan fingerprint density at radius 1 is 1.48 bits per heavy atom. The van der Waals surface area contributed by atoms with E-state index in [4.69, 9.17) is 11.0 Å². The van der Waals surface area contributed by atoms with E-state index in [1.807, 2.05) is 13.1 Å². The van der Waals surface area contributed by atoms with Gasteiger partial charge in [0.25, 0.3) is 0 Å². The summed E-state index contributed by atoms with van der Waals surface area (Å²) in [6.45, 7) is 6.14. The van der Waals surface area contributed by atoms with Crippen molar-refractivity contribution in [3.63, 3.8) is 0 Å². The Labute approximate surface area is 144 Å². The topological polar surface area (TPSA) is 82.5 Å². The SMILES string of the molecule is C=C/N=C(/C1=C(C)CCN(C#N)C1)C(N)C(=O)c1c(F)cccc1F. The Morgan fingerprint density at radius 3 is 2.68 bits per heavy atom. The monoisotopic (exact) mass is 344 g/mol. The fourth-order valence-corrected chi connectivity index (χ4v) is 2.70. The van der Waals surface area contributed by atoms with Crippen molar-refractivity contribution in [3.05, 3.63) is 59.3 Å². The number of hydrogen-bond acceptors (Lipinski definition) is 5. The lowest BCUT2D eigenvalue weighted by atomic mass is 9.90. The molecule has 0 spiro atoms. The van der Waals surface area contributed by atoms with Crippen LogP contribution in [0.15, 0.2) is 47.1 Å². The number of benzene rings is 1. The second kappa shape index (κ2) is 7.81. The molecule has 1 aromatic carbocycles. The minimum absolute atomic E-state index is 0.167. The first-order valence-electron chi connectivity index (χ1n) is 7.66. The number of nitriles is 1. The highest BCUT2D eigenvalue weighted by atomic mass is 19.1. The summed E-state index contributed by atoms with van der Waals surface area (Å²) in [5.74, 6) is -2.87. The summed E-state index contributed by atoms with van der Waals surface area (Å²) in [6.07, 6.45) is 3.86. The third-order valence-corrected chi connectivity index (χ3v) is 4.09. The number of ketones is 1. The number of carbonyl (C=O) groups excluding carboxylic acids is 1. The molecule has 2 N–H and O–H groups in total. The molecule has 0 radical (unpaired) electrons. The van der Waals surface area contributed by atoms with Crippen molar-refractivity contribution in [2.75, 3.05) is 13.1 Å². The summed E-state index contributed by atoms with van der Waals surface area (Å²) >= 11 is 0. The van der Waals surface area contributed by atoms with Gasteiger partial charge in [0.2, 0.25) is 0 Å². The van der Waals surface area contributed by atoms with E-state index in [-0.39, 0.29) is 12.3 Å². The first kappa shape index (κ1) is 18.5. The lowest BCUT2D eigenvalue weighted by molar-refractivity contribution is 0.0976. The van der Waals surface area contributed by atoms with Gasteiger partial charge in [-0.15, -0.1) is 0 Å². The van der Waals surface area contributed by atoms with E-state index >= 15 is 0 Å². The van der Waals surface area contributed by atoms with Gasteiger partial charge in [0.05, 0.1) is 17.8 Å². The number of halogens is 2.